The average Bonchev–Trinajstić information content (AvgIpc) is 2.71. The minimum Gasteiger partial charge on any atom is -0.478 e. The van der Waals surface area contributed by atoms with Crippen LogP contribution in [0, 0.1) is 0 Å². The Kier molecular flexibility index (Phi) is 6.59. The number of benzene rings is 3. The molecule has 0 heterocycles. The second-order valence-electron chi connectivity index (χ2n) is 6.20. The van der Waals surface area contributed by atoms with E-state index < -0.39 is 11.9 Å². The predicted octanol–water partition coefficient (Wildman–Crippen LogP) is 4.68. The number of thiocarbonyl (C=S) groups is 1. The second-order valence-corrected chi connectivity index (χ2v) is 7.01. The van der Waals surface area contributed by atoms with Crippen molar-refractivity contribution in [2.45, 2.75) is 5.92 Å². The Balaban J connectivity index is 1.81. The molecule has 0 aromatic heterocycles. The van der Waals surface area contributed by atoms with Crippen molar-refractivity contribution in [2.75, 3.05) is 5.32 Å². The molecule has 146 valence electrons. The number of hydrogen-bond donors (Lipinski definition) is 3. The van der Waals surface area contributed by atoms with Gasteiger partial charge < -0.3 is 15.7 Å². The Bertz CT molecular complexity index is 1000. The van der Waals surface area contributed by atoms with Gasteiger partial charge >= 0.3 is 5.97 Å². The SMILES string of the molecule is O=C(O)c1ccc(Cl)c(NC(=S)NC(=O)C(c2ccccc2)c2ccccc2)c1. The van der Waals surface area contributed by atoms with Crippen LogP contribution >= 0.6 is 23.8 Å². The zero-order valence-corrected chi connectivity index (χ0v) is 16.7. The highest BCUT2D eigenvalue weighted by molar-refractivity contribution is 7.80. The predicted molar refractivity (Wildman–Crippen MR) is 118 cm³/mol. The van der Waals surface area contributed by atoms with E-state index in [-0.39, 0.29) is 21.6 Å². The molecule has 1 amide bonds. The van der Waals surface area contributed by atoms with E-state index in [1.807, 2.05) is 60.7 Å². The molecule has 0 atom stereocenters. The Morgan fingerprint density at radius 1 is 0.897 bits per heavy atom. The molecule has 0 spiro atoms. The van der Waals surface area contributed by atoms with Crippen molar-refractivity contribution in [2.24, 2.45) is 0 Å². The summed E-state index contributed by atoms with van der Waals surface area (Å²) >= 11 is 11.4. The van der Waals surface area contributed by atoms with E-state index in [1.54, 1.807) is 0 Å². The first kappa shape index (κ1) is 20.5. The van der Waals surface area contributed by atoms with E-state index in [0.717, 1.165) is 11.1 Å². The van der Waals surface area contributed by atoms with Crippen LogP contribution in [0.2, 0.25) is 5.02 Å². The van der Waals surface area contributed by atoms with Gasteiger partial charge in [-0.25, -0.2) is 4.79 Å². The van der Waals surface area contributed by atoms with Crippen LogP contribution in [0.3, 0.4) is 0 Å². The lowest BCUT2D eigenvalue weighted by atomic mass is 9.90. The van der Waals surface area contributed by atoms with Crippen molar-refractivity contribution in [3.63, 3.8) is 0 Å². The van der Waals surface area contributed by atoms with Gasteiger partial charge in [0.1, 0.15) is 0 Å². The number of carboxylic acids is 1. The molecule has 7 heteroatoms. The highest BCUT2D eigenvalue weighted by Gasteiger charge is 2.23. The molecule has 0 aliphatic heterocycles. The van der Waals surface area contributed by atoms with Gasteiger partial charge in [0.25, 0.3) is 0 Å². The van der Waals surface area contributed by atoms with Gasteiger partial charge in [0.2, 0.25) is 5.91 Å². The van der Waals surface area contributed by atoms with Crippen LogP contribution in [-0.4, -0.2) is 22.1 Å². The topological polar surface area (TPSA) is 78.4 Å². The number of carbonyl (C=O) groups excluding carboxylic acids is 1. The zero-order valence-electron chi connectivity index (χ0n) is 15.1. The van der Waals surface area contributed by atoms with Gasteiger partial charge in [0, 0.05) is 0 Å². The molecule has 0 aliphatic carbocycles. The fraction of sp³-hybridized carbons (Fsp3) is 0.0455. The number of carboxylic acid groups (broad SMARTS) is 1. The molecule has 0 aliphatic rings. The quantitative estimate of drug-likeness (QED) is 0.518. The molecule has 29 heavy (non-hydrogen) atoms. The third kappa shape index (κ3) is 5.19. The van der Waals surface area contributed by atoms with Gasteiger partial charge in [-0.3, -0.25) is 4.79 Å². The van der Waals surface area contributed by atoms with Crippen molar-refractivity contribution in [1.82, 2.24) is 5.32 Å². The summed E-state index contributed by atoms with van der Waals surface area (Å²) in [6.45, 7) is 0. The molecule has 0 fully saturated rings. The van der Waals surface area contributed by atoms with Crippen molar-refractivity contribution in [1.29, 1.82) is 0 Å². The summed E-state index contributed by atoms with van der Waals surface area (Å²) in [6.07, 6.45) is 0. The number of amides is 1. The number of carbonyl (C=O) groups is 2. The van der Waals surface area contributed by atoms with Crippen molar-refractivity contribution in [3.05, 3.63) is 101 Å². The molecule has 0 saturated heterocycles. The molecule has 3 aromatic carbocycles. The van der Waals surface area contributed by atoms with Crippen molar-refractivity contribution < 1.29 is 14.7 Å². The van der Waals surface area contributed by atoms with Gasteiger partial charge in [-0.05, 0) is 41.5 Å². The first-order chi connectivity index (χ1) is 14.0. The molecule has 3 N–H and O–H groups in total. The number of aromatic carboxylic acids is 1. The monoisotopic (exact) mass is 424 g/mol. The first-order valence-electron chi connectivity index (χ1n) is 8.70. The Morgan fingerprint density at radius 3 is 1.97 bits per heavy atom. The summed E-state index contributed by atoms with van der Waals surface area (Å²) in [7, 11) is 0. The maximum absolute atomic E-state index is 13.0. The fourth-order valence-corrected chi connectivity index (χ4v) is 3.25. The van der Waals surface area contributed by atoms with Crippen LogP contribution in [0.1, 0.15) is 27.4 Å². The smallest absolute Gasteiger partial charge is 0.335 e. The van der Waals surface area contributed by atoms with Gasteiger partial charge in [0.15, 0.2) is 5.11 Å². The summed E-state index contributed by atoms with van der Waals surface area (Å²) in [4.78, 5) is 24.2. The van der Waals surface area contributed by atoms with Crippen LogP contribution in [0.5, 0.6) is 0 Å². The molecule has 0 unspecified atom stereocenters. The standard InChI is InChI=1S/C22H17ClN2O3S/c23-17-12-11-16(21(27)28)13-18(17)24-22(29)25-20(26)19(14-7-3-1-4-8-14)15-9-5-2-6-10-15/h1-13,19H,(H,27,28)(H2,24,25,26,29). The molecule has 0 saturated carbocycles. The van der Waals surface area contributed by atoms with E-state index in [1.165, 1.54) is 18.2 Å². The number of anilines is 1. The van der Waals surface area contributed by atoms with Gasteiger partial charge in [-0.2, -0.15) is 0 Å². The number of rotatable bonds is 5. The lowest BCUT2D eigenvalue weighted by molar-refractivity contribution is -0.120. The number of halogens is 1. The fourth-order valence-electron chi connectivity index (χ4n) is 2.88. The summed E-state index contributed by atoms with van der Waals surface area (Å²) in [5, 5.41) is 14.9. The maximum atomic E-state index is 13.0. The average molecular weight is 425 g/mol. The largest absolute Gasteiger partial charge is 0.478 e. The van der Waals surface area contributed by atoms with Gasteiger partial charge in [-0.15, -0.1) is 0 Å². The van der Waals surface area contributed by atoms with E-state index >= 15 is 0 Å². The minimum absolute atomic E-state index is 0.0244. The maximum Gasteiger partial charge on any atom is 0.335 e. The number of nitrogens with one attached hydrogen (secondary N) is 2. The van der Waals surface area contributed by atoms with Crippen LogP contribution in [0.15, 0.2) is 78.9 Å². The highest BCUT2D eigenvalue weighted by atomic mass is 35.5. The molecule has 0 radical (unpaired) electrons. The van der Waals surface area contributed by atoms with Gasteiger partial charge in [0.05, 0.1) is 22.2 Å². The molecule has 3 aromatic rings. The van der Waals surface area contributed by atoms with Crippen LogP contribution in [-0.2, 0) is 4.79 Å². The molecule has 0 bridgehead atoms. The first-order valence-corrected chi connectivity index (χ1v) is 9.49. The molecule has 5 nitrogen and oxygen atoms in total. The normalized spacial score (nSPS) is 10.4. The number of hydrogen-bond acceptors (Lipinski definition) is 3. The molecule has 3 rings (SSSR count). The van der Waals surface area contributed by atoms with Crippen LogP contribution in [0.25, 0.3) is 0 Å². The third-order valence-corrected chi connectivity index (χ3v) is 4.76. The minimum atomic E-state index is -1.09. The van der Waals surface area contributed by atoms with Crippen molar-refractivity contribution in [3.8, 4) is 0 Å². The summed E-state index contributed by atoms with van der Waals surface area (Å²) in [6, 6.07) is 22.9. The van der Waals surface area contributed by atoms with E-state index in [4.69, 9.17) is 28.9 Å². The highest BCUT2D eigenvalue weighted by Crippen LogP contribution is 2.26. The lowest BCUT2D eigenvalue weighted by Gasteiger charge is -2.19. The Hall–Kier alpha value is -3.22. The molecular weight excluding hydrogens is 408 g/mol. The summed E-state index contributed by atoms with van der Waals surface area (Å²) < 4.78 is 0. The van der Waals surface area contributed by atoms with Crippen LogP contribution < -0.4 is 10.6 Å². The van der Waals surface area contributed by atoms with Crippen LogP contribution in [0.4, 0.5) is 5.69 Å². The van der Waals surface area contributed by atoms with Crippen molar-refractivity contribution >= 4 is 46.5 Å². The third-order valence-electron chi connectivity index (χ3n) is 4.23. The van der Waals surface area contributed by atoms with E-state index in [9.17, 15) is 9.59 Å². The van der Waals surface area contributed by atoms with E-state index in [2.05, 4.69) is 10.6 Å². The summed E-state index contributed by atoms with van der Waals surface area (Å²) in [5.41, 5.74) is 2.00. The van der Waals surface area contributed by atoms with Gasteiger partial charge in [-0.1, -0.05) is 72.3 Å². The lowest BCUT2D eigenvalue weighted by Crippen LogP contribution is -2.38. The summed E-state index contributed by atoms with van der Waals surface area (Å²) in [5.74, 6) is -1.96. The Morgan fingerprint density at radius 2 is 1.45 bits per heavy atom. The second kappa shape index (κ2) is 9.32. The molecular formula is C22H17ClN2O3S. The zero-order chi connectivity index (χ0) is 20.8. The van der Waals surface area contributed by atoms with E-state index in [0.29, 0.717) is 5.69 Å². The Labute approximate surface area is 178 Å².